The van der Waals surface area contributed by atoms with E-state index >= 15 is 0 Å². The van der Waals surface area contributed by atoms with Crippen molar-refractivity contribution in [1.82, 2.24) is 0 Å². The van der Waals surface area contributed by atoms with Crippen LogP contribution in [0.15, 0.2) is 28.4 Å². The van der Waals surface area contributed by atoms with Gasteiger partial charge in [0.1, 0.15) is 5.78 Å². The second-order valence-electron chi connectivity index (χ2n) is 6.85. The highest BCUT2D eigenvalue weighted by atomic mass is 35.5. The van der Waals surface area contributed by atoms with Gasteiger partial charge in [-0.2, -0.15) is 0 Å². The Morgan fingerprint density at radius 1 is 0.960 bits per heavy atom. The lowest BCUT2D eigenvalue weighted by Gasteiger charge is -2.38. The molecule has 1 aromatic carbocycles. The van der Waals surface area contributed by atoms with E-state index < -0.39 is 11.8 Å². The van der Waals surface area contributed by atoms with Crippen molar-refractivity contribution in [3.8, 4) is 5.75 Å². The number of aliphatic imine (C=N–C) groups is 1. The molecule has 0 bridgehead atoms. The van der Waals surface area contributed by atoms with Crippen molar-refractivity contribution >= 4 is 40.5 Å². The van der Waals surface area contributed by atoms with Crippen molar-refractivity contribution in [2.24, 2.45) is 10.9 Å². The molecule has 1 saturated carbocycles. The number of fused-ring (bicyclic) bond motifs is 1. The van der Waals surface area contributed by atoms with Gasteiger partial charge in [-0.25, -0.2) is 0 Å². The fraction of sp³-hybridized carbons (Fsp3) is 0.421. The first kappa shape index (κ1) is 16.8. The molecule has 4 rings (SSSR count). The number of hydrogen-bond donors (Lipinski definition) is 1. The van der Waals surface area contributed by atoms with Gasteiger partial charge in [-0.1, -0.05) is 23.2 Å². The molecule has 3 aliphatic rings. The number of phenols is 1. The van der Waals surface area contributed by atoms with Crippen molar-refractivity contribution in [3.63, 3.8) is 0 Å². The minimum Gasteiger partial charge on any atom is -0.505 e. The van der Waals surface area contributed by atoms with Gasteiger partial charge in [-0.15, -0.1) is 0 Å². The molecule has 0 spiro atoms. The molecule has 130 valence electrons. The van der Waals surface area contributed by atoms with E-state index in [9.17, 15) is 14.7 Å². The van der Waals surface area contributed by atoms with Gasteiger partial charge in [-0.05, 0) is 43.4 Å². The van der Waals surface area contributed by atoms with E-state index in [2.05, 4.69) is 0 Å². The Hall–Kier alpha value is -1.65. The van der Waals surface area contributed by atoms with E-state index in [0.717, 1.165) is 37.1 Å². The largest absolute Gasteiger partial charge is 0.505 e. The third-order valence-corrected chi connectivity index (χ3v) is 5.89. The van der Waals surface area contributed by atoms with Crippen LogP contribution in [0, 0.1) is 5.92 Å². The van der Waals surface area contributed by atoms with Crippen molar-refractivity contribution in [1.29, 1.82) is 0 Å². The van der Waals surface area contributed by atoms with Crippen LogP contribution in [0.25, 0.3) is 0 Å². The van der Waals surface area contributed by atoms with Crippen molar-refractivity contribution in [3.05, 3.63) is 39.0 Å². The molecule has 1 fully saturated rings. The van der Waals surface area contributed by atoms with Crippen LogP contribution >= 0.6 is 23.2 Å². The minimum absolute atomic E-state index is 0.0488. The van der Waals surface area contributed by atoms with Crippen LogP contribution < -0.4 is 0 Å². The summed E-state index contributed by atoms with van der Waals surface area (Å²) in [6.07, 6.45) is 4.08. The molecule has 1 aromatic rings. The zero-order valence-corrected chi connectivity index (χ0v) is 15.0. The van der Waals surface area contributed by atoms with Crippen molar-refractivity contribution in [2.75, 3.05) is 0 Å². The summed E-state index contributed by atoms with van der Waals surface area (Å²) in [7, 11) is 0. The fourth-order valence-corrected chi connectivity index (χ4v) is 4.73. The number of halogens is 2. The molecule has 1 unspecified atom stereocenters. The monoisotopic (exact) mass is 377 g/mol. The van der Waals surface area contributed by atoms with Gasteiger partial charge in [0, 0.05) is 35.7 Å². The van der Waals surface area contributed by atoms with Crippen LogP contribution in [-0.2, 0) is 9.59 Å². The predicted molar refractivity (Wildman–Crippen MR) is 96.5 cm³/mol. The highest BCUT2D eigenvalue weighted by molar-refractivity contribution is 6.37. The first-order chi connectivity index (χ1) is 12.0. The summed E-state index contributed by atoms with van der Waals surface area (Å²) in [6.45, 7) is 0. The van der Waals surface area contributed by atoms with Crippen LogP contribution in [0.3, 0.4) is 0 Å². The molecule has 0 saturated heterocycles. The van der Waals surface area contributed by atoms with Crippen molar-refractivity contribution in [2.45, 2.75) is 44.4 Å². The summed E-state index contributed by atoms with van der Waals surface area (Å²) in [6, 6.07) is 3.23. The number of carbonyl (C=O) groups excluding carboxylic acids is 2. The predicted octanol–water partition coefficient (Wildman–Crippen LogP) is 4.61. The highest BCUT2D eigenvalue weighted by Crippen LogP contribution is 2.47. The molecule has 4 nitrogen and oxygen atoms in total. The Bertz CT molecular complexity index is 833. The first-order valence-corrected chi connectivity index (χ1v) is 9.27. The number of ketones is 2. The molecule has 0 aromatic heterocycles. The van der Waals surface area contributed by atoms with E-state index in [1.165, 1.54) is 0 Å². The van der Waals surface area contributed by atoms with Crippen LogP contribution in [0.1, 0.15) is 50.0 Å². The molecule has 1 heterocycles. The van der Waals surface area contributed by atoms with Gasteiger partial charge in [0.2, 0.25) is 0 Å². The van der Waals surface area contributed by atoms with Crippen LogP contribution in [0.4, 0.5) is 0 Å². The molecule has 2 aliphatic carbocycles. The lowest BCUT2D eigenvalue weighted by atomic mass is 9.67. The normalized spacial score (nSPS) is 26.2. The smallest absolute Gasteiger partial charge is 0.161 e. The van der Waals surface area contributed by atoms with E-state index in [0.29, 0.717) is 24.0 Å². The molecule has 25 heavy (non-hydrogen) atoms. The van der Waals surface area contributed by atoms with Gasteiger partial charge in [0.25, 0.3) is 0 Å². The number of rotatable bonds is 1. The quantitative estimate of drug-likeness (QED) is 0.776. The van der Waals surface area contributed by atoms with E-state index in [1.807, 2.05) is 0 Å². The Balaban J connectivity index is 1.93. The Morgan fingerprint density at radius 2 is 1.64 bits per heavy atom. The highest BCUT2D eigenvalue weighted by Gasteiger charge is 2.44. The number of Topliss-reactive ketones (excluding diaryl/α,β-unsaturated/α-hetero) is 2. The van der Waals surface area contributed by atoms with Crippen molar-refractivity contribution < 1.29 is 14.7 Å². The fourth-order valence-electron chi connectivity index (χ4n) is 4.22. The molecule has 0 radical (unpaired) electrons. The van der Waals surface area contributed by atoms with Gasteiger partial charge >= 0.3 is 0 Å². The molecule has 2 atom stereocenters. The van der Waals surface area contributed by atoms with E-state index in [4.69, 9.17) is 28.2 Å². The number of hydrogen-bond acceptors (Lipinski definition) is 4. The van der Waals surface area contributed by atoms with Gasteiger partial charge in [0.05, 0.1) is 16.0 Å². The third-order valence-electron chi connectivity index (χ3n) is 5.31. The second kappa shape index (κ2) is 6.26. The summed E-state index contributed by atoms with van der Waals surface area (Å²) in [5.41, 5.74) is 3.01. The van der Waals surface area contributed by atoms with Crippen LogP contribution in [0.2, 0.25) is 10.0 Å². The molecule has 0 amide bonds. The minimum atomic E-state index is -0.425. The number of allylic oxidation sites excluding steroid dienone is 2. The first-order valence-electron chi connectivity index (χ1n) is 8.51. The molecule has 1 N–H and O–H groups in total. The summed E-state index contributed by atoms with van der Waals surface area (Å²) in [5, 5.41) is 10.1. The number of phenolic OH excluding ortho intramolecular Hbond substituents is 1. The summed E-state index contributed by atoms with van der Waals surface area (Å²) >= 11 is 12.2. The zero-order chi connectivity index (χ0) is 17.7. The second-order valence-corrected chi connectivity index (χ2v) is 7.66. The van der Waals surface area contributed by atoms with E-state index in [1.54, 1.807) is 12.1 Å². The molecule has 6 heteroatoms. The Kier molecular flexibility index (Phi) is 4.20. The lowest BCUT2D eigenvalue weighted by molar-refractivity contribution is -0.122. The lowest BCUT2D eigenvalue weighted by Crippen LogP contribution is -2.39. The maximum absolute atomic E-state index is 12.7. The van der Waals surface area contributed by atoms with Crippen LogP contribution in [0.5, 0.6) is 5.75 Å². The average molecular weight is 378 g/mol. The third kappa shape index (κ3) is 2.72. The Labute approximate surface area is 155 Å². The maximum Gasteiger partial charge on any atom is 0.161 e. The van der Waals surface area contributed by atoms with Gasteiger partial charge in [-0.3, -0.25) is 14.6 Å². The van der Waals surface area contributed by atoms with Crippen LogP contribution in [-0.4, -0.2) is 22.4 Å². The SMILES string of the molecule is O=C1CCCC2=C1[C@H](c1cc(Cl)c(O)c(Cl)c1)C1C(=O)CCCC1=N2. The zero-order valence-electron chi connectivity index (χ0n) is 13.5. The number of nitrogens with zero attached hydrogens (tertiary/aromatic N) is 1. The summed E-state index contributed by atoms with van der Waals surface area (Å²) in [5.74, 6) is -0.853. The maximum atomic E-state index is 12.7. The van der Waals surface area contributed by atoms with Gasteiger partial charge < -0.3 is 5.11 Å². The van der Waals surface area contributed by atoms with E-state index in [-0.39, 0.29) is 27.4 Å². The molecular formula is C19H17Cl2NO3. The standard InChI is InChI=1S/C19H17Cl2NO3/c20-10-7-9(8-11(21)19(10)25)16-17-12(3-1-5-14(17)23)22-13-4-2-6-15(24)18(13)16/h7-8,16-17,25H,1-6H2/t16-,17?/m1/s1. The Morgan fingerprint density at radius 3 is 2.36 bits per heavy atom. The average Bonchev–Trinajstić information content (AvgIpc) is 2.58. The number of aromatic hydroxyl groups is 1. The van der Waals surface area contributed by atoms with Gasteiger partial charge in [0.15, 0.2) is 11.5 Å². The summed E-state index contributed by atoms with van der Waals surface area (Å²) in [4.78, 5) is 30.1. The topological polar surface area (TPSA) is 66.7 Å². The summed E-state index contributed by atoms with van der Waals surface area (Å²) < 4.78 is 0. The molecular weight excluding hydrogens is 361 g/mol. The molecule has 1 aliphatic heterocycles. The number of carbonyl (C=O) groups is 2. The number of benzene rings is 1.